The Morgan fingerprint density at radius 2 is 1.73 bits per heavy atom. The molecule has 0 N–H and O–H groups in total. The SMILES string of the molecule is CC(C)c1ccc(-c2cccc3c2sc2ccc([Si](C)(C)C)cc23)nc1. The minimum absolute atomic E-state index is 0.511. The van der Waals surface area contributed by atoms with Crippen molar-refractivity contribution >= 4 is 44.8 Å². The number of hydrogen-bond donors (Lipinski definition) is 0. The average molecular weight is 376 g/mol. The molecule has 2 heterocycles. The van der Waals surface area contributed by atoms with Gasteiger partial charge in [-0.25, -0.2) is 0 Å². The topological polar surface area (TPSA) is 12.9 Å². The van der Waals surface area contributed by atoms with Crippen molar-refractivity contribution in [1.29, 1.82) is 0 Å². The summed E-state index contributed by atoms with van der Waals surface area (Å²) < 4.78 is 2.72. The van der Waals surface area contributed by atoms with Crippen LogP contribution in [0.15, 0.2) is 54.7 Å². The van der Waals surface area contributed by atoms with Crippen LogP contribution in [0.2, 0.25) is 19.6 Å². The van der Waals surface area contributed by atoms with Crippen LogP contribution < -0.4 is 5.19 Å². The van der Waals surface area contributed by atoms with Crippen molar-refractivity contribution in [2.45, 2.75) is 39.4 Å². The summed E-state index contributed by atoms with van der Waals surface area (Å²) >= 11 is 1.89. The van der Waals surface area contributed by atoms with Crippen molar-refractivity contribution in [3.8, 4) is 11.3 Å². The molecule has 3 heteroatoms. The van der Waals surface area contributed by atoms with Crippen LogP contribution in [0.5, 0.6) is 0 Å². The summed E-state index contributed by atoms with van der Waals surface area (Å²) in [6.45, 7) is 11.6. The zero-order valence-electron chi connectivity index (χ0n) is 16.1. The Labute approximate surface area is 160 Å². The third kappa shape index (κ3) is 2.99. The third-order valence-corrected chi connectivity index (χ3v) is 8.35. The highest BCUT2D eigenvalue weighted by Gasteiger charge is 2.18. The van der Waals surface area contributed by atoms with Crippen LogP contribution in [0.1, 0.15) is 25.3 Å². The number of benzene rings is 2. The standard InChI is InChI=1S/C23H25NSSi/c1-15(2)16-9-11-21(24-14-16)19-8-6-7-18-20-13-17(26(3,4)5)10-12-22(20)25-23(18)19/h6-15H,1-5H3. The molecule has 0 saturated heterocycles. The molecule has 0 unspecified atom stereocenters. The second-order valence-electron chi connectivity index (χ2n) is 8.38. The lowest BCUT2D eigenvalue weighted by atomic mass is 10.0. The van der Waals surface area contributed by atoms with Crippen LogP contribution in [0.25, 0.3) is 31.4 Å². The van der Waals surface area contributed by atoms with E-state index >= 15 is 0 Å². The molecule has 0 aliphatic carbocycles. The number of fused-ring (bicyclic) bond motifs is 3. The van der Waals surface area contributed by atoms with Crippen molar-refractivity contribution in [3.63, 3.8) is 0 Å². The maximum atomic E-state index is 4.76. The predicted molar refractivity (Wildman–Crippen MR) is 120 cm³/mol. The van der Waals surface area contributed by atoms with Gasteiger partial charge in [0.1, 0.15) is 0 Å². The number of rotatable bonds is 3. The van der Waals surface area contributed by atoms with Crippen LogP contribution >= 0.6 is 11.3 Å². The molecule has 0 amide bonds. The summed E-state index contributed by atoms with van der Waals surface area (Å²) in [7, 11) is -1.31. The van der Waals surface area contributed by atoms with E-state index < -0.39 is 8.07 Å². The smallest absolute Gasteiger partial charge is 0.0776 e. The van der Waals surface area contributed by atoms with Gasteiger partial charge in [-0.05, 0) is 23.6 Å². The molecule has 0 bridgehead atoms. The van der Waals surface area contributed by atoms with Crippen molar-refractivity contribution < 1.29 is 0 Å². The Kier molecular flexibility index (Phi) is 4.24. The fourth-order valence-corrected chi connectivity index (χ4v) is 5.74. The van der Waals surface area contributed by atoms with Crippen LogP contribution in [-0.2, 0) is 0 Å². The molecule has 4 aromatic rings. The second kappa shape index (κ2) is 6.33. The maximum Gasteiger partial charge on any atom is 0.0776 e. The fourth-order valence-electron chi connectivity index (χ4n) is 3.37. The van der Waals surface area contributed by atoms with Gasteiger partial charge in [0.2, 0.25) is 0 Å². The number of hydrogen-bond acceptors (Lipinski definition) is 2. The minimum atomic E-state index is -1.31. The van der Waals surface area contributed by atoms with E-state index in [1.54, 1.807) is 0 Å². The number of pyridine rings is 1. The molecule has 0 radical (unpaired) electrons. The van der Waals surface area contributed by atoms with Crippen LogP contribution in [-0.4, -0.2) is 13.1 Å². The normalized spacial score (nSPS) is 12.4. The molecule has 0 aliphatic heterocycles. The van der Waals surface area contributed by atoms with E-state index in [0.717, 1.165) is 5.69 Å². The Morgan fingerprint density at radius 3 is 2.38 bits per heavy atom. The summed E-state index contributed by atoms with van der Waals surface area (Å²) in [6, 6.07) is 18.1. The fraction of sp³-hybridized carbons (Fsp3) is 0.261. The van der Waals surface area contributed by atoms with E-state index in [1.807, 2.05) is 17.5 Å². The molecule has 1 nitrogen and oxygen atoms in total. The minimum Gasteiger partial charge on any atom is -0.256 e. The summed E-state index contributed by atoms with van der Waals surface area (Å²) in [4.78, 5) is 4.76. The average Bonchev–Trinajstić information content (AvgIpc) is 2.99. The Hall–Kier alpha value is -1.97. The monoisotopic (exact) mass is 375 g/mol. The molecule has 0 fully saturated rings. The van der Waals surface area contributed by atoms with Crippen molar-refractivity contribution in [1.82, 2.24) is 4.98 Å². The Morgan fingerprint density at radius 1 is 0.923 bits per heavy atom. The summed E-state index contributed by atoms with van der Waals surface area (Å²) in [5.41, 5.74) is 3.60. The van der Waals surface area contributed by atoms with Crippen LogP contribution in [0.4, 0.5) is 0 Å². The maximum absolute atomic E-state index is 4.76. The van der Waals surface area contributed by atoms with Crippen molar-refractivity contribution in [3.05, 3.63) is 60.3 Å². The van der Waals surface area contributed by atoms with E-state index in [-0.39, 0.29) is 0 Å². The zero-order chi connectivity index (χ0) is 18.5. The Balaban J connectivity index is 1.91. The summed E-state index contributed by atoms with van der Waals surface area (Å²) in [6.07, 6.45) is 2.02. The van der Waals surface area contributed by atoms with Gasteiger partial charge in [-0.3, -0.25) is 4.98 Å². The van der Waals surface area contributed by atoms with Gasteiger partial charge in [-0.1, -0.05) is 75.1 Å². The largest absolute Gasteiger partial charge is 0.256 e. The highest BCUT2D eigenvalue weighted by atomic mass is 32.1. The first kappa shape index (κ1) is 17.4. The highest BCUT2D eigenvalue weighted by molar-refractivity contribution is 7.26. The molecule has 0 saturated carbocycles. The predicted octanol–water partition coefficient (Wildman–Crippen LogP) is 6.79. The quantitative estimate of drug-likeness (QED) is 0.359. The van der Waals surface area contributed by atoms with Gasteiger partial charge in [0, 0.05) is 31.9 Å². The molecule has 0 spiro atoms. The first-order valence-electron chi connectivity index (χ1n) is 9.26. The first-order chi connectivity index (χ1) is 12.3. The molecule has 2 aromatic heterocycles. The molecule has 132 valence electrons. The Bertz CT molecular complexity index is 1090. The lowest BCUT2D eigenvalue weighted by Gasteiger charge is -2.16. The molecular formula is C23H25NSSi. The zero-order valence-corrected chi connectivity index (χ0v) is 17.9. The van der Waals surface area contributed by atoms with Gasteiger partial charge in [0.15, 0.2) is 0 Å². The lowest BCUT2D eigenvalue weighted by Crippen LogP contribution is -2.37. The van der Waals surface area contributed by atoms with E-state index in [1.165, 1.54) is 36.5 Å². The van der Waals surface area contributed by atoms with Gasteiger partial charge >= 0.3 is 0 Å². The lowest BCUT2D eigenvalue weighted by molar-refractivity contribution is 0.859. The molecular weight excluding hydrogens is 350 g/mol. The molecule has 0 atom stereocenters. The van der Waals surface area contributed by atoms with Gasteiger partial charge in [-0.15, -0.1) is 11.3 Å². The third-order valence-electron chi connectivity index (χ3n) is 5.09. The van der Waals surface area contributed by atoms with E-state index in [2.05, 4.69) is 82.0 Å². The molecule has 2 aromatic carbocycles. The number of thiophene rings is 1. The molecule has 4 rings (SSSR count). The van der Waals surface area contributed by atoms with Gasteiger partial charge in [-0.2, -0.15) is 0 Å². The highest BCUT2D eigenvalue weighted by Crippen LogP contribution is 2.39. The molecule has 26 heavy (non-hydrogen) atoms. The van der Waals surface area contributed by atoms with Crippen molar-refractivity contribution in [2.24, 2.45) is 0 Å². The van der Waals surface area contributed by atoms with Crippen LogP contribution in [0.3, 0.4) is 0 Å². The molecule has 0 aliphatic rings. The van der Waals surface area contributed by atoms with Gasteiger partial charge in [0.05, 0.1) is 13.8 Å². The van der Waals surface area contributed by atoms with Gasteiger partial charge in [0.25, 0.3) is 0 Å². The van der Waals surface area contributed by atoms with Crippen molar-refractivity contribution in [2.75, 3.05) is 0 Å². The van der Waals surface area contributed by atoms with E-state index in [0.29, 0.717) is 5.92 Å². The van der Waals surface area contributed by atoms with E-state index in [4.69, 9.17) is 4.98 Å². The number of aromatic nitrogens is 1. The summed E-state index contributed by atoms with van der Waals surface area (Å²) in [5, 5.41) is 4.28. The van der Waals surface area contributed by atoms with E-state index in [9.17, 15) is 0 Å². The summed E-state index contributed by atoms with van der Waals surface area (Å²) in [5.74, 6) is 0.511. The first-order valence-corrected chi connectivity index (χ1v) is 13.6. The van der Waals surface area contributed by atoms with Gasteiger partial charge < -0.3 is 0 Å². The van der Waals surface area contributed by atoms with Crippen LogP contribution in [0, 0.1) is 0 Å². The number of nitrogens with zero attached hydrogens (tertiary/aromatic N) is 1. The second-order valence-corrected chi connectivity index (χ2v) is 14.5.